The number of rotatable bonds is 3. The van der Waals surface area contributed by atoms with Gasteiger partial charge in [0.2, 0.25) is 0 Å². The number of hydrogen-bond acceptors (Lipinski definition) is 2. The van der Waals surface area contributed by atoms with E-state index in [1.807, 2.05) is 22.7 Å². The van der Waals surface area contributed by atoms with Crippen molar-refractivity contribution in [1.29, 1.82) is 0 Å². The van der Waals surface area contributed by atoms with Crippen molar-refractivity contribution in [3.63, 3.8) is 0 Å². The van der Waals surface area contributed by atoms with Crippen LogP contribution in [0.15, 0.2) is 24.5 Å². The fourth-order valence-electron chi connectivity index (χ4n) is 2.90. The second-order valence-corrected chi connectivity index (χ2v) is 5.41. The van der Waals surface area contributed by atoms with E-state index in [2.05, 4.69) is 23.0 Å². The fourth-order valence-corrected chi connectivity index (χ4v) is 3.07. The molecule has 0 aromatic carbocycles. The van der Waals surface area contributed by atoms with Crippen molar-refractivity contribution in [2.45, 2.75) is 32.2 Å². The molecule has 18 heavy (non-hydrogen) atoms. The molecule has 0 aliphatic carbocycles. The first kappa shape index (κ1) is 12.0. The summed E-state index contributed by atoms with van der Waals surface area (Å²) in [4.78, 5) is 7.22. The molecule has 0 spiro atoms. The highest BCUT2D eigenvalue weighted by Gasteiger charge is 2.23. The Kier molecular flexibility index (Phi) is 3.27. The van der Waals surface area contributed by atoms with E-state index in [0.29, 0.717) is 6.04 Å². The summed E-state index contributed by atoms with van der Waals surface area (Å²) in [6.45, 7) is 4.62. The van der Waals surface area contributed by atoms with Crippen molar-refractivity contribution in [2.75, 3.05) is 13.1 Å². The Labute approximate surface area is 112 Å². The van der Waals surface area contributed by atoms with Crippen LogP contribution in [0.4, 0.5) is 0 Å². The third-order valence-electron chi connectivity index (χ3n) is 3.81. The summed E-state index contributed by atoms with van der Waals surface area (Å²) >= 11 is 5.99. The summed E-state index contributed by atoms with van der Waals surface area (Å²) in [7, 11) is 0. The number of aromatic nitrogens is 2. The van der Waals surface area contributed by atoms with E-state index in [0.717, 1.165) is 23.6 Å². The van der Waals surface area contributed by atoms with Gasteiger partial charge in [0.25, 0.3) is 0 Å². The van der Waals surface area contributed by atoms with Crippen LogP contribution in [-0.2, 0) is 6.42 Å². The highest BCUT2D eigenvalue weighted by Crippen LogP contribution is 2.21. The quantitative estimate of drug-likeness (QED) is 0.849. The van der Waals surface area contributed by atoms with Crippen LogP contribution in [0.3, 0.4) is 0 Å². The average molecular weight is 264 g/mol. The molecular formula is C14H18ClN3. The van der Waals surface area contributed by atoms with E-state index >= 15 is 0 Å². The highest BCUT2D eigenvalue weighted by molar-refractivity contribution is 6.30. The minimum Gasteiger partial charge on any atom is -0.305 e. The van der Waals surface area contributed by atoms with Crippen molar-refractivity contribution in [3.05, 3.63) is 35.2 Å². The SMILES string of the molecule is CCN1CCCC1Cc1cn2cc(Cl)ccc2n1. The molecule has 3 nitrogen and oxygen atoms in total. The van der Waals surface area contributed by atoms with Crippen molar-refractivity contribution >= 4 is 17.2 Å². The number of likely N-dealkylation sites (N-methyl/N-ethyl adjacent to an activating group) is 1. The van der Waals surface area contributed by atoms with Gasteiger partial charge in [0, 0.05) is 24.9 Å². The Balaban J connectivity index is 1.82. The van der Waals surface area contributed by atoms with Gasteiger partial charge in [-0.2, -0.15) is 0 Å². The van der Waals surface area contributed by atoms with Crippen LogP contribution in [0.25, 0.3) is 5.65 Å². The van der Waals surface area contributed by atoms with Gasteiger partial charge >= 0.3 is 0 Å². The van der Waals surface area contributed by atoms with Crippen molar-refractivity contribution in [3.8, 4) is 0 Å². The second-order valence-electron chi connectivity index (χ2n) is 4.97. The molecule has 3 heterocycles. The van der Waals surface area contributed by atoms with Crippen molar-refractivity contribution in [2.24, 2.45) is 0 Å². The predicted octanol–water partition coefficient (Wildman–Crippen LogP) is 3.01. The molecule has 0 saturated carbocycles. The number of hydrogen-bond donors (Lipinski definition) is 0. The van der Waals surface area contributed by atoms with Crippen molar-refractivity contribution < 1.29 is 0 Å². The molecule has 3 rings (SSSR count). The molecule has 0 radical (unpaired) electrons. The van der Waals surface area contributed by atoms with Gasteiger partial charge in [0.1, 0.15) is 5.65 Å². The molecule has 1 aliphatic rings. The Morgan fingerprint density at radius 2 is 2.28 bits per heavy atom. The largest absolute Gasteiger partial charge is 0.305 e. The molecule has 2 aromatic rings. The van der Waals surface area contributed by atoms with E-state index in [1.54, 1.807) is 0 Å². The number of imidazole rings is 1. The standard InChI is InChI=1S/C14H18ClN3/c1-2-17-7-3-4-13(17)8-12-10-18-9-11(15)5-6-14(18)16-12/h5-6,9-10,13H,2-4,7-8H2,1H3. The monoisotopic (exact) mass is 263 g/mol. The first-order valence-electron chi connectivity index (χ1n) is 6.63. The average Bonchev–Trinajstić information content (AvgIpc) is 2.94. The highest BCUT2D eigenvalue weighted by atomic mass is 35.5. The van der Waals surface area contributed by atoms with Gasteiger partial charge < -0.3 is 9.30 Å². The Bertz CT molecular complexity index is 549. The summed E-state index contributed by atoms with van der Waals surface area (Å²) < 4.78 is 2.02. The number of pyridine rings is 1. The van der Waals surface area contributed by atoms with Crippen LogP contribution in [-0.4, -0.2) is 33.4 Å². The Hall–Kier alpha value is -1.06. The maximum Gasteiger partial charge on any atom is 0.137 e. The first-order chi connectivity index (χ1) is 8.76. The molecule has 1 saturated heterocycles. The van der Waals surface area contributed by atoms with Crippen LogP contribution >= 0.6 is 11.6 Å². The number of nitrogens with zero attached hydrogens (tertiary/aromatic N) is 3. The normalized spacial score (nSPS) is 20.9. The zero-order valence-corrected chi connectivity index (χ0v) is 11.4. The molecular weight excluding hydrogens is 246 g/mol. The fraction of sp³-hybridized carbons (Fsp3) is 0.500. The number of likely N-dealkylation sites (tertiary alicyclic amines) is 1. The molecule has 2 aromatic heterocycles. The zero-order valence-electron chi connectivity index (χ0n) is 10.6. The van der Waals surface area contributed by atoms with Gasteiger partial charge in [-0.1, -0.05) is 18.5 Å². The summed E-state index contributed by atoms with van der Waals surface area (Å²) in [6, 6.07) is 4.52. The van der Waals surface area contributed by atoms with Gasteiger partial charge in [-0.15, -0.1) is 0 Å². The maximum atomic E-state index is 5.99. The van der Waals surface area contributed by atoms with Gasteiger partial charge in [-0.3, -0.25) is 0 Å². The van der Waals surface area contributed by atoms with Crippen molar-refractivity contribution in [1.82, 2.24) is 14.3 Å². The zero-order chi connectivity index (χ0) is 12.5. The third-order valence-corrected chi connectivity index (χ3v) is 4.04. The topological polar surface area (TPSA) is 20.5 Å². The minimum absolute atomic E-state index is 0.662. The Morgan fingerprint density at radius 3 is 3.11 bits per heavy atom. The Morgan fingerprint density at radius 1 is 1.39 bits per heavy atom. The summed E-state index contributed by atoms with van der Waals surface area (Å²) in [5.41, 5.74) is 2.15. The van der Waals surface area contributed by atoms with Gasteiger partial charge in [-0.25, -0.2) is 4.98 Å². The second kappa shape index (κ2) is 4.90. The van der Waals surface area contributed by atoms with Crippen LogP contribution in [0, 0.1) is 0 Å². The molecule has 1 atom stereocenters. The lowest BCUT2D eigenvalue weighted by Crippen LogP contribution is -2.30. The van der Waals surface area contributed by atoms with E-state index in [4.69, 9.17) is 11.6 Å². The summed E-state index contributed by atoms with van der Waals surface area (Å²) in [5, 5.41) is 0.752. The third kappa shape index (κ3) is 2.25. The smallest absolute Gasteiger partial charge is 0.137 e. The van der Waals surface area contributed by atoms with Crippen LogP contribution < -0.4 is 0 Å². The van der Waals surface area contributed by atoms with E-state index in [9.17, 15) is 0 Å². The van der Waals surface area contributed by atoms with Gasteiger partial charge in [0.15, 0.2) is 0 Å². The predicted molar refractivity (Wildman–Crippen MR) is 74.2 cm³/mol. The van der Waals surface area contributed by atoms with E-state index in [-0.39, 0.29) is 0 Å². The molecule has 0 N–H and O–H groups in total. The molecule has 0 bridgehead atoms. The first-order valence-corrected chi connectivity index (χ1v) is 7.01. The lowest BCUT2D eigenvalue weighted by Gasteiger charge is -2.21. The van der Waals surface area contributed by atoms with Gasteiger partial charge in [-0.05, 0) is 38.1 Å². The lowest BCUT2D eigenvalue weighted by atomic mass is 10.1. The minimum atomic E-state index is 0.662. The number of fused-ring (bicyclic) bond motifs is 1. The molecule has 96 valence electrons. The van der Waals surface area contributed by atoms with E-state index in [1.165, 1.54) is 25.1 Å². The maximum absolute atomic E-state index is 5.99. The van der Waals surface area contributed by atoms with Crippen LogP contribution in [0.2, 0.25) is 5.02 Å². The van der Waals surface area contributed by atoms with E-state index < -0.39 is 0 Å². The van der Waals surface area contributed by atoms with Gasteiger partial charge in [0.05, 0.1) is 10.7 Å². The molecule has 4 heteroatoms. The van der Waals surface area contributed by atoms with Crippen LogP contribution in [0.5, 0.6) is 0 Å². The molecule has 1 aliphatic heterocycles. The molecule has 1 fully saturated rings. The molecule has 0 amide bonds. The van der Waals surface area contributed by atoms with Crippen LogP contribution in [0.1, 0.15) is 25.5 Å². The summed E-state index contributed by atoms with van der Waals surface area (Å²) in [5.74, 6) is 0. The summed E-state index contributed by atoms with van der Waals surface area (Å²) in [6.07, 6.45) is 7.68. The molecule has 1 unspecified atom stereocenters. The number of halogens is 1. The lowest BCUT2D eigenvalue weighted by molar-refractivity contribution is 0.265.